The van der Waals surface area contributed by atoms with Crippen LogP contribution in [0, 0.1) is 6.92 Å². The van der Waals surface area contributed by atoms with Gasteiger partial charge in [0, 0.05) is 13.2 Å². The molecule has 8 heteroatoms. The number of aryl methyl sites for hydroxylation is 2. The molecule has 0 aromatic carbocycles. The van der Waals surface area contributed by atoms with Crippen LogP contribution in [0.3, 0.4) is 0 Å². The number of hydrogen-bond donors (Lipinski definition) is 2. The van der Waals surface area contributed by atoms with Crippen LogP contribution in [-0.2, 0) is 11.8 Å². The third-order valence-electron chi connectivity index (χ3n) is 2.95. The van der Waals surface area contributed by atoms with Crippen molar-refractivity contribution in [2.45, 2.75) is 19.9 Å². The van der Waals surface area contributed by atoms with E-state index in [1.165, 1.54) is 10.9 Å². The van der Waals surface area contributed by atoms with Crippen LogP contribution in [0.2, 0.25) is 0 Å². The summed E-state index contributed by atoms with van der Waals surface area (Å²) in [5, 5.41) is 10.7. The number of aromatic nitrogens is 4. The van der Waals surface area contributed by atoms with E-state index in [9.17, 15) is 9.59 Å². The van der Waals surface area contributed by atoms with E-state index in [-0.39, 0.29) is 11.6 Å². The monoisotopic (exact) mass is 276 g/mol. The molecule has 2 aromatic rings. The summed E-state index contributed by atoms with van der Waals surface area (Å²) in [7, 11) is 1.58. The van der Waals surface area contributed by atoms with Crippen LogP contribution in [0.25, 0.3) is 0 Å². The molecule has 1 atom stereocenters. The van der Waals surface area contributed by atoms with Crippen LogP contribution in [0.15, 0.2) is 18.5 Å². The number of nitrogens with zero attached hydrogens (tertiary/aromatic N) is 4. The predicted molar refractivity (Wildman–Crippen MR) is 72.0 cm³/mol. The van der Waals surface area contributed by atoms with Crippen molar-refractivity contribution in [1.29, 1.82) is 0 Å². The largest absolute Gasteiger partial charge is 0.364 e. The standard InChI is InChI=1S/C12H16N6O2/c1-7-4-5-18(16-7)8(2)12(20)15-9-6-14-17(3)10(9)11(13)19/h4-6,8H,1-3H3,(H2,13,19)(H,15,20)/t8-/m0/s1. The minimum absolute atomic E-state index is 0.155. The summed E-state index contributed by atoms with van der Waals surface area (Å²) in [6.45, 7) is 3.55. The van der Waals surface area contributed by atoms with Gasteiger partial charge in [-0.25, -0.2) is 0 Å². The molecule has 2 amide bonds. The number of nitrogens with two attached hydrogens (primary N) is 1. The van der Waals surface area contributed by atoms with Crippen molar-refractivity contribution in [2.75, 3.05) is 5.32 Å². The molecule has 0 saturated carbocycles. The van der Waals surface area contributed by atoms with Crippen molar-refractivity contribution in [2.24, 2.45) is 12.8 Å². The van der Waals surface area contributed by atoms with E-state index in [1.807, 2.05) is 13.0 Å². The molecule has 0 aliphatic heterocycles. The first-order valence-electron chi connectivity index (χ1n) is 6.04. The molecule has 8 nitrogen and oxygen atoms in total. The molecule has 0 radical (unpaired) electrons. The van der Waals surface area contributed by atoms with Gasteiger partial charge in [0.15, 0.2) is 0 Å². The second kappa shape index (κ2) is 5.16. The van der Waals surface area contributed by atoms with Crippen LogP contribution in [-0.4, -0.2) is 31.4 Å². The number of nitrogens with one attached hydrogen (secondary N) is 1. The van der Waals surface area contributed by atoms with Gasteiger partial charge in [0.2, 0.25) is 5.91 Å². The first-order valence-corrected chi connectivity index (χ1v) is 6.04. The average Bonchev–Trinajstić information content (AvgIpc) is 2.95. The maximum Gasteiger partial charge on any atom is 0.269 e. The number of amides is 2. The highest BCUT2D eigenvalue weighted by molar-refractivity contribution is 6.02. The van der Waals surface area contributed by atoms with Crippen molar-refractivity contribution < 1.29 is 9.59 Å². The topological polar surface area (TPSA) is 108 Å². The lowest BCUT2D eigenvalue weighted by molar-refractivity contribution is -0.119. The summed E-state index contributed by atoms with van der Waals surface area (Å²) in [6.07, 6.45) is 3.11. The molecule has 2 heterocycles. The fourth-order valence-electron chi connectivity index (χ4n) is 1.83. The molecule has 2 rings (SSSR count). The summed E-state index contributed by atoms with van der Waals surface area (Å²) in [5.74, 6) is -0.952. The van der Waals surface area contributed by atoms with Crippen LogP contribution in [0.5, 0.6) is 0 Å². The van der Waals surface area contributed by atoms with Crippen molar-refractivity contribution in [1.82, 2.24) is 19.6 Å². The third kappa shape index (κ3) is 2.53. The second-order valence-electron chi connectivity index (χ2n) is 4.50. The zero-order chi connectivity index (χ0) is 14.9. The van der Waals surface area contributed by atoms with Crippen molar-refractivity contribution >= 4 is 17.5 Å². The van der Waals surface area contributed by atoms with Crippen molar-refractivity contribution in [3.63, 3.8) is 0 Å². The third-order valence-corrected chi connectivity index (χ3v) is 2.95. The molecule has 3 N–H and O–H groups in total. The Morgan fingerprint density at radius 2 is 2.15 bits per heavy atom. The van der Waals surface area contributed by atoms with E-state index in [0.717, 1.165) is 5.69 Å². The number of anilines is 1. The second-order valence-corrected chi connectivity index (χ2v) is 4.50. The zero-order valence-electron chi connectivity index (χ0n) is 11.5. The molecular formula is C12H16N6O2. The Morgan fingerprint density at radius 1 is 1.45 bits per heavy atom. The zero-order valence-corrected chi connectivity index (χ0v) is 11.5. The van der Waals surface area contributed by atoms with Crippen LogP contribution in [0.4, 0.5) is 5.69 Å². The number of carbonyl (C=O) groups is 2. The van der Waals surface area contributed by atoms with Gasteiger partial charge in [-0.15, -0.1) is 0 Å². The molecule has 0 aliphatic rings. The van der Waals surface area contributed by atoms with E-state index in [1.54, 1.807) is 24.9 Å². The van der Waals surface area contributed by atoms with Gasteiger partial charge in [-0.05, 0) is 19.9 Å². The SMILES string of the molecule is Cc1ccn([C@@H](C)C(=O)Nc2cnn(C)c2C(N)=O)n1. The van der Waals surface area contributed by atoms with E-state index < -0.39 is 11.9 Å². The Kier molecular flexibility index (Phi) is 3.55. The number of rotatable bonds is 4. The normalized spacial score (nSPS) is 12.2. The first-order chi connectivity index (χ1) is 9.40. The summed E-state index contributed by atoms with van der Waals surface area (Å²) < 4.78 is 2.87. The van der Waals surface area contributed by atoms with E-state index >= 15 is 0 Å². The van der Waals surface area contributed by atoms with Crippen LogP contribution < -0.4 is 11.1 Å². The van der Waals surface area contributed by atoms with Crippen LogP contribution >= 0.6 is 0 Å². The Bertz CT molecular complexity index is 657. The van der Waals surface area contributed by atoms with Gasteiger partial charge in [0.05, 0.1) is 17.6 Å². The molecule has 20 heavy (non-hydrogen) atoms. The maximum absolute atomic E-state index is 12.1. The van der Waals surface area contributed by atoms with Gasteiger partial charge < -0.3 is 11.1 Å². The van der Waals surface area contributed by atoms with Gasteiger partial charge in [0.25, 0.3) is 5.91 Å². The Labute approximate surface area is 115 Å². The Hall–Kier alpha value is -2.64. The summed E-state index contributed by atoms with van der Waals surface area (Å²) in [5.41, 5.74) is 6.53. The average molecular weight is 276 g/mol. The fraction of sp³-hybridized carbons (Fsp3) is 0.333. The maximum atomic E-state index is 12.1. The molecule has 0 spiro atoms. The Balaban J connectivity index is 2.18. The summed E-state index contributed by atoms with van der Waals surface area (Å²) in [4.78, 5) is 23.5. The lowest BCUT2D eigenvalue weighted by atomic mass is 10.3. The molecule has 0 unspecified atom stereocenters. The van der Waals surface area contributed by atoms with Gasteiger partial charge in [0.1, 0.15) is 11.7 Å². The number of primary amides is 1. The summed E-state index contributed by atoms with van der Waals surface area (Å²) >= 11 is 0. The highest BCUT2D eigenvalue weighted by atomic mass is 16.2. The van der Waals surface area contributed by atoms with Crippen molar-refractivity contribution in [3.8, 4) is 0 Å². The molecular weight excluding hydrogens is 260 g/mol. The first kappa shape index (κ1) is 13.8. The Morgan fingerprint density at radius 3 is 2.70 bits per heavy atom. The van der Waals surface area contributed by atoms with E-state index in [0.29, 0.717) is 5.69 Å². The van der Waals surface area contributed by atoms with Crippen molar-refractivity contribution in [3.05, 3.63) is 29.8 Å². The molecule has 106 valence electrons. The molecule has 0 bridgehead atoms. The minimum atomic E-state index is -0.650. The lowest BCUT2D eigenvalue weighted by Crippen LogP contribution is -2.26. The smallest absolute Gasteiger partial charge is 0.269 e. The van der Waals surface area contributed by atoms with Gasteiger partial charge in [-0.3, -0.25) is 19.0 Å². The molecule has 0 aliphatic carbocycles. The quantitative estimate of drug-likeness (QED) is 0.832. The van der Waals surface area contributed by atoms with Gasteiger partial charge in [-0.2, -0.15) is 10.2 Å². The molecule has 0 fully saturated rings. The number of carbonyl (C=O) groups excluding carboxylic acids is 2. The van der Waals surface area contributed by atoms with Gasteiger partial charge in [-0.1, -0.05) is 0 Å². The lowest BCUT2D eigenvalue weighted by Gasteiger charge is -2.12. The predicted octanol–water partition coefficient (Wildman–Crippen LogP) is 0.224. The van der Waals surface area contributed by atoms with Gasteiger partial charge >= 0.3 is 0 Å². The molecule has 2 aromatic heterocycles. The van der Waals surface area contributed by atoms with Crippen LogP contribution in [0.1, 0.15) is 29.1 Å². The number of hydrogen-bond acceptors (Lipinski definition) is 4. The highest BCUT2D eigenvalue weighted by Gasteiger charge is 2.20. The molecule has 0 saturated heterocycles. The minimum Gasteiger partial charge on any atom is -0.364 e. The summed E-state index contributed by atoms with van der Waals surface area (Å²) in [6, 6.07) is 1.30. The fourth-order valence-corrected chi connectivity index (χ4v) is 1.83. The van der Waals surface area contributed by atoms with E-state index in [2.05, 4.69) is 15.5 Å². The van der Waals surface area contributed by atoms with E-state index in [4.69, 9.17) is 5.73 Å². The highest BCUT2D eigenvalue weighted by Crippen LogP contribution is 2.16.